The number of fused-ring (bicyclic) bond motifs is 1. The first kappa shape index (κ1) is 26.2. The Labute approximate surface area is 210 Å². The minimum atomic E-state index is -3.93. The predicted octanol–water partition coefficient (Wildman–Crippen LogP) is 1.02. The van der Waals surface area contributed by atoms with Crippen molar-refractivity contribution >= 4 is 21.1 Å². The van der Waals surface area contributed by atoms with E-state index >= 15 is 0 Å². The maximum atomic E-state index is 13.8. The lowest BCUT2D eigenvalue weighted by molar-refractivity contribution is 0.0866. The number of rotatable bonds is 9. The molecule has 1 N–H and O–H groups in total. The van der Waals surface area contributed by atoms with Crippen LogP contribution in [0.15, 0.2) is 22.0 Å². The number of aromatic nitrogens is 5. The summed E-state index contributed by atoms with van der Waals surface area (Å²) >= 11 is 0. The molecule has 1 aliphatic heterocycles. The first-order chi connectivity index (χ1) is 17.2. The Morgan fingerprint density at radius 2 is 1.89 bits per heavy atom. The summed E-state index contributed by atoms with van der Waals surface area (Å²) in [6.45, 7) is 8.93. The van der Waals surface area contributed by atoms with Crippen molar-refractivity contribution < 1.29 is 17.9 Å². The number of aryl methyl sites for hydroxylation is 2. The first-order valence-corrected chi connectivity index (χ1v) is 13.5. The molecule has 0 saturated carbocycles. The van der Waals surface area contributed by atoms with Crippen LogP contribution in [0.5, 0.6) is 5.88 Å². The number of nitrogens with zero attached hydrogens (tertiary/aromatic N) is 6. The van der Waals surface area contributed by atoms with Crippen LogP contribution in [0.25, 0.3) is 22.4 Å². The highest BCUT2D eigenvalue weighted by Crippen LogP contribution is 2.30. The Morgan fingerprint density at radius 1 is 1.17 bits per heavy atom. The Morgan fingerprint density at radius 3 is 2.53 bits per heavy atom. The molecule has 36 heavy (non-hydrogen) atoms. The van der Waals surface area contributed by atoms with Crippen molar-refractivity contribution in [3.8, 4) is 17.3 Å². The zero-order chi connectivity index (χ0) is 26.0. The smallest absolute Gasteiger partial charge is 0.279 e. The fourth-order valence-electron chi connectivity index (χ4n) is 4.38. The third kappa shape index (κ3) is 5.01. The molecule has 0 aromatic carbocycles. The molecule has 1 fully saturated rings. The number of piperazine rings is 1. The second kappa shape index (κ2) is 10.6. The molecular formula is C23H33N7O5S. The largest absolute Gasteiger partial charge is 0.471 e. The Kier molecular flexibility index (Phi) is 7.73. The molecule has 0 unspecified atom stereocenters. The SMILES string of the molecule is CCc1c2nc(-c3cnc(O[C@H](C)COC)c(S(=O)(=O)N4CCN(CC)CC4)c3)[nH]c(=O)c2nn1C. The van der Waals surface area contributed by atoms with E-state index in [1.165, 1.54) is 16.6 Å². The number of likely N-dealkylation sites (N-methyl/N-ethyl adjacent to an activating group) is 1. The monoisotopic (exact) mass is 519 g/mol. The summed E-state index contributed by atoms with van der Waals surface area (Å²) in [4.78, 5) is 26.6. The number of methoxy groups -OCH3 is 1. The van der Waals surface area contributed by atoms with Crippen molar-refractivity contribution in [1.82, 2.24) is 33.9 Å². The van der Waals surface area contributed by atoms with Crippen molar-refractivity contribution in [2.75, 3.05) is 46.4 Å². The number of nitrogens with one attached hydrogen (secondary N) is 1. The Bertz CT molecular complexity index is 1390. The van der Waals surface area contributed by atoms with Gasteiger partial charge in [-0.2, -0.15) is 9.40 Å². The van der Waals surface area contributed by atoms with Crippen LogP contribution in [0.2, 0.25) is 0 Å². The predicted molar refractivity (Wildman–Crippen MR) is 135 cm³/mol. The summed E-state index contributed by atoms with van der Waals surface area (Å²) < 4.78 is 41.6. The van der Waals surface area contributed by atoms with Crippen LogP contribution in [0.4, 0.5) is 0 Å². The second-order valence-electron chi connectivity index (χ2n) is 8.79. The van der Waals surface area contributed by atoms with Crippen LogP contribution in [0.1, 0.15) is 26.5 Å². The molecule has 3 aromatic heterocycles. The van der Waals surface area contributed by atoms with Gasteiger partial charge in [0.05, 0.1) is 12.3 Å². The number of sulfonamides is 1. The summed E-state index contributed by atoms with van der Waals surface area (Å²) in [5.41, 5.74) is 1.48. The summed E-state index contributed by atoms with van der Waals surface area (Å²) in [5.74, 6) is 0.201. The van der Waals surface area contributed by atoms with Gasteiger partial charge in [-0.15, -0.1) is 0 Å². The lowest BCUT2D eigenvalue weighted by Gasteiger charge is -2.33. The molecule has 1 saturated heterocycles. The van der Waals surface area contributed by atoms with E-state index in [0.717, 1.165) is 12.2 Å². The molecule has 1 aliphatic rings. The van der Waals surface area contributed by atoms with Gasteiger partial charge in [0.2, 0.25) is 15.9 Å². The summed E-state index contributed by atoms with van der Waals surface area (Å²) in [5, 5.41) is 4.27. The molecule has 0 bridgehead atoms. The molecule has 0 aliphatic carbocycles. The van der Waals surface area contributed by atoms with Crippen molar-refractivity contribution in [3.05, 3.63) is 28.3 Å². The fraction of sp³-hybridized carbons (Fsp3) is 0.565. The maximum Gasteiger partial charge on any atom is 0.279 e. The van der Waals surface area contributed by atoms with Gasteiger partial charge >= 0.3 is 0 Å². The summed E-state index contributed by atoms with van der Waals surface area (Å²) in [6.07, 6.45) is 1.67. The van der Waals surface area contributed by atoms with E-state index in [-0.39, 0.29) is 28.7 Å². The number of aromatic amines is 1. The van der Waals surface area contributed by atoms with Crippen LogP contribution >= 0.6 is 0 Å². The van der Waals surface area contributed by atoms with Crippen molar-refractivity contribution in [2.24, 2.45) is 7.05 Å². The van der Waals surface area contributed by atoms with E-state index in [0.29, 0.717) is 43.7 Å². The van der Waals surface area contributed by atoms with Crippen LogP contribution in [0, 0.1) is 0 Å². The van der Waals surface area contributed by atoms with E-state index < -0.39 is 21.7 Å². The average molecular weight is 520 g/mol. The molecule has 12 nitrogen and oxygen atoms in total. The molecule has 0 spiro atoms. The molecule has 1 atom stereocenters. The van der Waals surface area contributed by atoms with Gasteiger partial charge in [0.25, 0.3) is 5.56 Å². The number of hydrogen-bond acceptors (Lipinski definition) is 9. The summed E-state index contributed by atoms with van der Waals surface area (Å²) in [6, 6.07) is 1.47. The molecule has 4 rings (SSSR count). The highest BCUT2D eigenvalue weighted by molar-refractivity contribution is 7.89. The van der Waals surface area contributed by atoms with Gasteiger partial charge < -0.3 is 19.4 Å². The molecular weight excluding hydrogens is 486 g/mol. The van der Waals surface area contributed by atoms with Crippen molar-refractivity contribution in [1.29, 1.82) is 0 Å². The van der Waals surface area contributed by atoms with Crippen molar-refractivity contribution in [2.45, 2.75) is 38.2 Å². The summed E-state index contributed by atoms with van der Waals surface area (Å²) in [7, 11) is -0.629. The Hall–Kier alpha value is -2.87. The van der Waals surface area contributed by atoms with Crippen LogP contribution in [-0.2, 0) is 28.2 Å². The van der Waals surface area contributed by atoms with E-state index in [2.05, 4.69) is 31.9 Å². The molecule has 4 heterocycles. The molecule has 0 radical (unpaired) electrons. The van der Waals surface area contributed by atoms with Gasteiger partial charge in [-0.05, 0) is 26.0 Å². The quantitative estimate of drug-likeness (QED) is 0.439. The van der Waals surface area contributed by atoms with Gasteiger partial charge in [-0.1, -0.05) is 13.8 Å². The van der Waals surface area contributed by atoms with Gasteiger partial charge in [0, 0.05) is 52.1 Å². The minimum absolute atomic E-state index is 0.0136. The zero-order valence-electron chi connectivity index (χ0n) is 21.3. The van der Waals surface area contributed by atoms with Gasteiger partial charge in [-0.3, -0.25) is 9.48 Å². The highest BCUT2D eigenvalue weighted by atomic mass is 32.2. The second-order valence-corrected chi connectivity index (χ2v) is 10.7. The Balaban J connectivity index is 1.81. The normalized spacial score (nSPS) is 16.5. The molecule has 13 heteroatoms. The van der Waals surface area contributed by atoms with Crippen LogP contribution in [-0.4, -0.2) is 94.9 Å². The van der Waals surface area contributed by atoms with E-state index in [4.69, 9.17) is 9.47 Å². The maximum absolute atomic E-state index is 13.8. The lowest BCUT2D eigenvalue weighted by Crippen LogP contribution is -2.48. The van der Waals surface area contributed by atoms with Gasteiger partial charge in [0.15, 0.2) is 5.52 Å². The molecule has 196 valence electrons. The number of ether oxygens (including phenoxy) is 2. The van der Waals surface area contributed by atoms with Crippen LogP contribution in [0.3, 0.4) is 0 Å². The third-order valence-corrected chi connectivity index (χ3v) is 8.24. The number of H-pyrrole nitrogens is 1. The highest BCUT2D eigenvalue weighted by Gasteiger charge is 2.32. The standard InChI is InChI=1S/C23H33N7O5S/c1-6-17-19-20(27-28(17)4)22(31)26-21(25-19)16-12-18(23(24-13-16)35-15(3)14-34-5)36(32,33)30-10-8-29(7-2)9-11-30/h12-13,15H,6-11,14H2,1-5H3,(H,25,26,31)/t15-/m1/s1. The first-order valence-electron chi connectivity index (χ1n) is 12.0. The fourth-order valence-corrected chi connectivity index (χ4v) is 5.90. The average Bonchev–Trinajstić information content (AvgIpc) is 3.19. The number of hydrogen-bond donors (Lipinski definition) is 1. The van der Waals surface area contributed by atoms with E-state index in [1.807, 2.05) is 6.92 Å². The van der Waals surface area contributed by atoms with E-state index in [1.54, 1.807) is 25.8 Å². The van der Waals surface area contributed by atoms with Crippen molar-refractivity contribution in [3.63, 3.8) is 0 Å². The number of pyridine rings is 1. The molecule has 0 amide bonds. The minimum Gasteiger partial charge on any atom is -0.471 e. The lowest BCUT2D eigenvalue weighted by atomic mass is 10.2. The van der Waals surface area contributed by atoms with Gasteiger partial charge in [0.1, 0.15) is 22.3 Å². The van der Waals surface area contributed by atoms with Gasteiger partial charge in [-0.25, -0.2) is 18.4 Å². The zero-order valence-corrected chi connectivity index (χ0v) is 22.1. The third-order valence-electron chi connectivity index (χ3n) is 6.35. The topological polar surface area (TPSA) is 136 Å². The van der Waals surface area contributed by atoms with Crippen LogP contribution < -0.4 is 10.3 Å². The molecule has 3 aromatic rings. The van der Waals surface area contributed by atoms with E-state index in [9.17, 15) is 13.2 Å².